The van der Waals surface area contributed by atoms with Gasteiger partial charge in [-0.05, 0) is 29.8 Å². The van der Waals surface area contributed by atoms with E-state index in [9.17, 15) is 4.79 Å². The van der Waals surface area contributed by atoms with Gasteiger partial charge in [0.15, 0.2) is 0 Å². The van der Waals surface area contributed by atoms with Gasteiger partial charge in [-0.2, -0.15) is 5.10 Å². The van der Waals surface area contributed by atoms with E-state index in [-0.39, 0.29) is 5.91 Å². The van der Waals surface area contributed by atoms with Crippen LogP contribution in [0, 0.1) is 0 Å². The van der Waals surface area contributed by atoms with Crippen LogP contribution in [-0.4, -0.2) is 64.8 Å². The van der Waals surface area contributed by atoms with Crippen molar-refractivity contribution in [3.05, 3.63) is 60.4 Å². The summed E-state index contributed by atoms with van der Waals surface area (Å²) >= 11 is 0. The molecule has 1 aromatic heterocycles. The SMILES string of the molecule is CCOc1ccc2ccccc2c1C(=O)N1CCN(CCn2cccn2)CC1. The summed E-state index contributed by atoms with van der Waals surface area (Å²) in [6, 6.07) is 13.9. The van der Waals surface area contributed by atoms with E-state index in [1.807, 2.05) is 65.2 Å². The lowest BCUT2D eigenvalue weighted by molar-refractivity contribution is 0.0630. The van der Waals surface area contributed by atoms with Gasteiger partial charge in [0, 0.05) is 45.1 Å². The molecule has 0 aliphatic carbocycles. The molecule has 0 unspecified atom stereocenters. The third kappa shape index (κ3) is 3.87. The number of aromatic nitrogens is 2. The normalized spacial score (nSPS) is 15.1. The minimum atomic E-state index is 0.0620. The van der Waals surface area contributed by atoms with Crippen LogP contribution in [-0.2, 0) is 6.54 Å². The topological polar surface area (TPSA) is 50.6 Å². The van der Waals surface area contributed by atoms with Crippen LogP contribution in [0.2, 0.25) is 0 Å². The van der Waals surface area contributed by atoms with Crippen molar-refractivity contribution in [1.82, 2.24) is 19.6 Å². The van der Waals surface area contributed by atoms with E-state index in [1.165, 1.54) is 0 Å². The molecule has 0 N–H and O–H groups in total. The summed E-state index contributed by atoms with van der Waals surface area (Å²) in [4.78, 5) is 17.7. The lowest BCUT2D eigenvalue weighted by Gasteiger charge is -2.35. The van der Waals surface area contributed by atoms with Gasteiger partial charge in [0.05, 0.1) is 18.7 Å². The summed E-state index contributed by atoms with van der Waals surface area (Å²) in [5.41, 5.74) is 0.685. The van der Waals surface area contributed by atoms with E-state index in [0.717, 1.165) is 50.0 Å². The smallest absolute Gasteiger partial charge is 0.258 e. The summed E-state index contributed by atoms with van der Waals surface area (Å²) in [6.45, 7) is 7.52. The Morgan fingerprint density at radius 1 is 1.04 bits per heavy atom. The van der Waals surface area contributed by atoms with Crippen molar-refractivity contribution in [2.45, 2.75) is 13.5 Å². The number of benzene rings is 2. The first kappa shape index (κ1) is 18.5. The van der Waals surface area contributed by atoms with E-state index >= 15 is 0 Å². The van der Waals surface area contributed by atoms with Crippen LogP contribution in [0.1, 0.15) is 17.3 Å². The van der Waals surface area contributed by atoms with Crippen molar-refractivity contribution >= 4 is 16.7 Å². The minimum Gasteiger partial charge on any atom is -0.493 e. The van der Waals surface area contributed by atoms with Crippen LogP contribution >= 0.6 is 0 Å². The van der Waals surface area contributed by atoms with Crippen LogP contribution in [0.15, 0.2) is 54.9 Å². The number of ether oxygens (including phenoxy) is 1. The zero-order chi connectivity index (χ0) is 19.3. The molecule has 4 rings (SSSR count). The standard InChI is InChI=1S/C22H26N4O2/c1-2-28-20-9-8-18-6-3-4-7-19(18)21(20)22(27)25-15-12-24(13-16-25)14-17-26-11-5-10-23-26/h3-11H,2,12-17H2,1H3. The van der Waals surface area contributed by atoms with Gasteiger partial charge in [-0.25, -0.2) is 0 Å². The molecule has 0 radical (unpaired) electrons. The number of amides is 1. The number of piperazine rings is 1. The van der Waals surface area contributed by atoms with Gasteiger partial charge in [0.2, 0.25) is 0 Å². The van der Waals surface area contributed by atoms with Gasteiger partial charge >= 0.3 is 0 Å². The molecule has 1 saturated heterocycles. The van der Waals surface area contributed by atoms with Gasteiger partial charge in [0.1, 0.15) is 5.75 Å². The molecule has 28 heavy (non-hydrogen) atoms. The Labute approximate surface area is 165 Å². The van der Waals surface area contributed by atoms with Crippen molar-refractivity contribution in [2.75, 3.05) is 39.3 Å². The first-order valence-electron chi connectivity index (χ1n) is 9.90. The Bertz CT molecular complexity index is 931. The Morgan fingerprint density at radius 2 is 1.86 bits per heavy atom. The first-order chi connectivity index (χ1) is 13.8. The van der Waals surface area contributed by atoms with Gasteiger partial charge in [-0.1, -0.05) is 30.3 Å². The van der Waals surface area contributed by atoms with E-state index < -0.39 is 0 Å². The molecular formula is C22H26N4O2. The summed E-state index contributed by atoms with van der Waals surface area (Å²) in [5.74, 6) is 0.735. The third-order valence-corrected chi connectivity index (χ3v) is 5.27. The van der Waals surface area contributed by atoms with E-state index in [0.29, 0.717) is 17.9 Å². The molecular weight excluding hydrogens is 352 g/mol. The maximum atomic E-state index is 13.4. The number of fused-ring (bicyclic) bond motifs is 1. The van der Waals surface area contributed by atoms with Crippen LogP contribution < -0.4 is 4.74 Å². The van der Waals surface area contributed by atoms with E-state index in [2.05, 4.69) is 10.00 Å². The zero-order valence-electron chi connectivity index (χ0n) is 16.3. The molecule has 6 nitrogen and oxygen atoms in total. The van der Waals surface area contributed by atoms with Gasteiger partial charge in [-0.15, -0.1) is 0 Å². The quantitative estimate of drug-likeness (QED) is 0.662. The Hall–Kier alpha value is -2.86. The molecule has 1 fully saturated rings. The van der Waals surface area contributed by atoms with Crippen molar-refractivity contribution < 1.29 is 9.53 Å². The highest BCUT2D eigenvalue weighted by molar-refractivity contribution is 6.09. The summed E-state index contributed by atoms with van der Waals surface area (Å²) in [6.07, 6.45) is 3.78. The van der Waals surface area contributed by atoms with E-state index in [1.54, 1.807) is 6.20 Å². The summed E-state index contributed by atoms with van der Waals surface area (Å²) in [7, 11) is 0. The van der Waals surface area contributed by atoms with Crippen LogP contribution in [0.25, 0.3) is 10.8 Å². The average Bonchev–Trinajstić information content (AvgIpc) is 3.26. The maximum Gasteiger partial charge on any atom is 0.258 e. The van der Waals surface area contributed by atoms with Crippen LogP contribution in [0.4, 0.5) is 0 Å². The summed E-state index contributed by atoms with van der Waals surface area (Å²) in [5, 5.41) is 6.27. The lowest BCUT2D eigenvalue weighted by Crippen LogP contribution is -2.49. The molecule has 0 saturated carbocycles. The molecule has 1 aliphatic heterocycles. The van der Waals surface area contributed by atoms with Crippen LogP contribution in [0.3, 0.4) is 0 Å². The number of hydrogen-bond donors (Lipinski definition) is 0. The van der Waals surface area contributed by atoms with Crippen molar-refractivity contribution in [3.8, 4) is 5.75 Å². The Balaban J connectivity index is 1.47. The van der Waals surface area contributed by atoms with E-state index in [4.69, 9.17) is 4.74 Å². The fourth-order valence-electron chi connectivity index (χ4n) is 3.76. The Kier molecular flexibility index (Phi) is 5.58. The number of nitrogens with zero attached hydrogens (tertiary/aromatic N) is 4. The Morgan fingerprint density at radius 3 is 2.61 bits per heavy atom. The lowest BCUT2D eigenvalue weighted by atomic mass is 10.0. The summed E-state index contributed by atoms with van der Waals surface area (Å²) < 4.78 is 7.74. The fourth-order valence-corrected chi connectivity index (χ4v) is 3.76. The fraction of sp³-hybridized carbons (Fsp3) is 0.364. The highest BCUT2D eigenvalue weighted by Crippen LogP contribution is 2.29. The van der Waals surface area contributed by atoms with Crippen molar-refractivity contribution in [3.63, 3.8) is 0 Å². The second kappa shape index (κ2) is 8.44. The molecule has 1 amide bonds. The maximum absolute atomic E-state index is 13.4. The largest absolute Gasteiger partial charge is 0.493 e. The van der Waals surface area contributed by atoms with Crippen molar-refractivity contribution in [1.29, 1.82) is 0 Å². The second-order valence-electron chi connectivity index (χ2n) is 7.00. The van der Waals surface area contributed by atoms with Crippen molar-refractivity contribution in [2.24, 2.45) is 0 Å². The molecule has 0 spiro atoms. The first-order valence-corrected chi connectivity index (χ1v) is 9.90. The number of hydrogen-bond acceptors (Lipinski definition) is 4. The molecule has 6 heteroatoms. The molecule has 2 heterocycles. The van der Waals surface area contributed by atoms with Gasteiger partial charge in [-0.3, -0.25) is 14.4 Å². The molecule has 2 aromatic carbocycles. The molecule has 3 aromatic rings. The number of rotatable bonds is 6. The highest BCUT2D eigenvalue weighted by atomic mass is 16.5. The molecule has 1 aliphatic rings. The predicted molar refractivity (Wildman–Crippen MR) is 110 cm³/mol. The molecule has 0 bridgehead atoms. The third-order valence-electron chi connectivity index (χ3n) is 5.27. The molecule has 0 atom stereocenters. The average molecular weight is 378 g/mol. The van der Waals surface area contributed by atoms with Crippen LogP contribution in [0.5, 0.6) is 5.75 Å². The predicted octanol–water partition coefficient (Wildman–Crippen LogP) is 2.89. The minimum absolute atomic E-state index is 0.0620. The van der Waals surface area contributed by atoms with Gasteiger partial charge < -0.3 is 9.64 Å². The highest BCUT2D eigenvalue weighted by Gasteiger charge is 2.26. The molecule has 146 valence electrons. The number of carbonyl (C=O) groups excluding carboxylic acids is 1. The number of carbonyl (C=O) groups is 1. The van der Waals surface area contributed by atoms with Gasteiger partial charge in [0.25, 0.3) is 5.91 Å². The zero-order valence-corrected chi connectivity index (χ0v) is 16.3. The monoisotopic (exact) mass is 378 g/mol. The second-order valence-corrected chi connectivity index (χ2v) is 7.00.